The molecule has 0 spiro atoms. The van der Waals surface area contributed by atoms with E-state index in [0.717, 1.165) is 5.56 Å². The van der Waals surface area contributed by atoms with Gasteiger partial charge in [-0.3, -0.25) is 9.36 Å². The van der Waals surface area contributed by atoms with Crippen LogP contribution in [0.5, 0.6) is 0 Å². The summed E-state index contributed by atoms with van der Waals surface area (Å²) in [5, 5.41) is 5.56. The fourth-order valence-electron chi connectivity index (χ4n) is 3.18. The van der Waals surface area contributed by atoms with Gasteiger partial charge in [0, 0.05) is 10.6 Å². The monoisotopic (exact) mass is 464 g/mol. The lowest BCUT2D eigenvalue weighted by Gasteiger charge is -2.12. The SMILES string of the molecule is O=c1c2ccccc2nc(SCc2noc(-c3ccc(Cl)cc3)n2)n1-c1ccc(F)cc1. The summed E-state index contributed by atoms with van der Waals surface area (Å²) < 4.78 is 20.3. The van der Waals surface area contributed by atoms with Gasteiger partial charge in [0.15, 0.2) is 11.0 Å². The van der Waals surface area contributed by atoms with E-state index in [9.17, 15) is 9.18 Å². The van der Waals surface area contributed by atoms with Crippen LogP contribution in [0.2, 0.25) is 5.02 Å². The number of benzene rings is 3. The van der Waals surface area contributed by atoms with Crippen molar-refractivity contribution in [3.8, 4) is 17.1 Å². The third-order valence-electron chi connectivity index (χ3n) is 4.72. The number of hydrogen-bond acceptors (Lipinski definition) is 6. The van der Waals surface area contributed by atoms with Gasteiger partial charge in [-0.05, 0) is 60.7 Å². The van der Waals surface area contributed by atoms with Crippen LogP contribution in [0.25, 0.3) is 28.0 Å². The number of rotatable bonds is 5. The van der Waals surface area contributed by atoms with Crippen LogP contribution in [0.3, 0.4) is 0 Å². The highest BCUT2D eigenvalue weighted by Crippen LogP contribution is 2.26. The van der Waals surface area contributed by atoms with Crippen molar-refractivity contribution in [2.24, 2.45) is 0 Å². The van der Waals surface area contributed by atoms with Gasteiger partial charge in [0.25, 0.3) is 11.4 Å². The molecule has 2 heterocycles. The molecule has 0 saturated carbocycles. The molecule has 2 aromatic heterocycles. The Labute approximate surface area is 190 Å². The largest absolute Gasteiger partial charge is 0.334 e. The Kier molecular flexibility index (Phi) is 5.46. The van der Waals surface area contributed by atoms with Gasteiger partial charge in [0.1, 0.15) is 5.82 Å². The molecule has 3 aromatic carbocycles. The molecule has 0 amide bonds. The molecule has 6 nitrogen and oxygen atoms in total. The maximum atomic E-state index is 13.4. The summed E-state index contributed by atoms with van der Waals surface area (Å²) in [7, 11) is 0. The summed E-state index contributed by atoms with van der Waals surface area (Å²) in [4.78, 5) is 22.3. The van der Waals surface area contributed by atoms with E-state index in [1.165, 1.54) is 28.5 Å². The zero-order valence-electron chi connectivity index (χ0n) is 16.4. The minimum Gasteiger partial charge on any atom is -0.334 e. The fourth-order valence-corrected chi connectivity index (χ4v) is 4.16. The molecule has 5 rings (SSSR count). The summed E-state index contributed by atoms with van der Waals surface area (Å²) in [5.41, 5.74) is 1.62. The smallest absolute Gasteiger partial charge is 0.266 e. The number of aromatic nitrogens is 4. The first-order chi connectivity index (χ1) is 15.6. The van der Waals surface area contributed by atoms with Gasteiger partial charge in [-0.25, -0.2) is 9.37 Å². The van der Waals surface area contributed by atoms with Crippen molar-refractivity contribution in [3.63, 3.8) is 0 Å². The number of para-hydroxylation sites is 1. The molecule has 0 fully saturated rings. The van der Waals surface area contributed by atoms with E-state index in [1.807, 2.05) is 6.07 Å². The van der Waals surface area contributed by atoms with Gasteiger partial charge in [-0.15, -0.1) is 0 Å². The highest BCUT2D eigenvalue weighted by molar-refractivity contribution is 7.98. The minimum atomic E-state index is -0.383. The first-order valence-electron chi connectivity index (χ1n) is 9.57. The molecule has 0 radical (unpaired) electrons. The van der Waals surface area contributed by atoms with Crippen LogP contribution in [0, 0.1) is 5.82 Å². The van der Waals surface area contributed by atoms with E-state index < -0.39 is 0 Å². The molecule has 0 atom stereocenters. The van der Waals surface area contributed by atoms with Crippen LogP contribution in [-0.4, -0.2) is 19.7 Å². The van der Waals surface area contributed by atoms with E-state index in [0.29, 0.717) is 44.2 Å². The Hall–Kier alpha value is -3.49. The Bertz CT molecular complexity index is 1470. The summed E-state index contributed by atoms with van der Waals surface area (Å²) >= 11 is 7.22. The number of halogens is 2. The van der Waals surface area contributed by atoms with Crippen molar-refractivity contribution >= 4 is 34.3 Å². The molecule has 0 saturated heterocycles. The van der Waals surface area contributed by atoms with Crippen molar-refractivity contribution < 1.29 is 8.91 Å². The third kappa shape index (κ3) is 4.02. The van der Waals surface area contributed by atoms with E-state index in [-0.39, 0.29) is 11.4 Å². The maximum Gasteiger partial charge on any atom is 0.266 e. The van der Waals surface area contributed by atoms with Gasteiger partial charge >= 0.3 is 0 Å². The number of hydrogen-bond donors (Lipinski definition) is 0. The van der Waals surface area contributed by atoms with E-state index >= 15 is 0 Å². The molecule has 32 heavy (non-hydrogen) atoms. The normalized spacial score (nSPS) is 11.2. The Morgan fingerprint density at radius 2 is 1.72 bits per heavy atom. The van der Waals surface area contributed by atoms with Crippen molar-refractivity contribution in [3.05, 3.63) is 99.8 Å². The molecule has 0 aliphatic heterocycles. The van der Waals surface area contributed by atoms with Gasteiger partial charge in [-0.1, -0.05) is 40.7 Å². The standard InChI is InChI=1S/C23H14ClFN4O2S/c24-15-7-5-14(6-8-15)21-27-20(28-31-21)13-32-23-26-19-4-2-1-3-18(19)22(30)29(23)17-11-9-16(25)10-12-17/h1-12H,13H2. The molecular formula is C23H14ClFN4O2S. The molecule has 5 aromatic rings. The van der Waals surface area contributed by atoms with Crippen LogP contribution in [0.4, 0.5) is 4.39 Å². The summed E-state index contributed by atoms with van der Waals surface area (Å²) in [6, 6.07) is 19.9. The average Bonchev–Trinajstić information content (AvgIpc) is 3.28. The molecule has 9 heteroatoms. The van der Waals surface area contributed by atoms with Crippen LogP contribution < -0.4 is 5.56 Å². The molecule has 0 bridgehead atoms. The zero-order valence-corrected chi connectivity index (χ0v) is 18.0. The van der Waals surface area contributed by atoms with Gasteiger partial charge in [-0.2, -0.15) is 4.98 Å². The average molecular weight is 465 g/mol. The van der Waals surface area contributed by atoms with E-state index in [1.54, 1.807) is 54.6 Å². The first kappa shape index (κ1) is 20.4. The maximum absolute atomic E-state index is 13.4. The molecule has 158 valence electrons. The Morgan fingerprint density at radius 1 is 0.969 bits per heavy atom. The minimum absolute atomic E-state index is 0.236. The molecule has 0 unspecified atom stereocenters. The predicted molar refractivity (Wildman–Crippen MR) is 122 cm³/mol. The second-order valence-corrected chi connectivity index (χ2v) is 8.22. The zero-order chi connectivity index (χ0) is 22.1. The first-order valence-corrected chi connectivity index (χ1v) is 10.9. The summed E-state index contributed by atoms with van der Waals surface area (Å²) in [5.74, 6) is 0.766. The third-order valence-corrected chi connectivity index (χ3v) is 5.91. The van der Waals surface area contributed by atoms with Crippen LogP contribution in [0.15, 0.2) is 87.3 Å². The summed E-state index contributed by atoms with van der Waals surface area (Å²) in [6.07, 6.45) is 0. The molecule has 0 N–H and O–H groups in total. The van der Waals surface area contributed by atoms with E-state index in [4.69, 9.17) is 16.1 Å². The number of thioether (sulfide) groups is 1. The summed E-state index contributed by atoms with van der Waals surface area (Å²) in [6.45, 7) is 0. The van der Waals surface area contributed by atoms with Crippen molar-refractivity contribution in [1.29, 1.82) is 0 Å². The Balaban J connectivity index is 1.50. The van der Waals surface area contributed by atoms with E-state index in [2.05, 4.69) is 15.1 Å². The molecule has 0 aliphatic rings. The Morgan fingerprint density at radius 3 is 2.50 bits per heavy atom. The quantitative estimate of drug-likeness (QED) is 0.252. The fraction of sp³-hybridized carbons (Fsp3) is 0.0435. The van der Waals surface area contributed by atoms with Gasteiger partial charge < -0.3 is 4.52 Å². The number of fused-ring (bicyclic) bond motifs is 1. The lowest BCUT2D eigenvalue weighted by atomic mass is 10.2. The second kappa shape index (κ2) is 8.57. The van der Waals surface area contributed by atoms with Gasteiger partial charge in [0.2, 0.25) is 0 Å². The number of nitrogens with zero attached hydrogens (tertiary/aromatic N) is 4. The van der Waals surface area contributed by atoms with Crippen LogP contribution in [-0.2, 0) is 5.75 Å². The molecule has 0 aliphatic carbocycles. The lowest BCUT2D eigenvalue weighted by molar-refractivity contribution is 0.425. The van der Waals surface area contributed by atoms with Crippen molar-refractivity contribution in [2.45, 2.75) is 10.9 Å². The topological polar surface area (TPSA) is 73.8 Å². The predicted octanol–water partition coefficient (Wildman–Crippen LogP) is 5.52. The van der Waals surface area contributed by atoms with Gasteiger partial charge in [0.05, 0.1) is 22.3 Å². The lowest BCUT2D eigenvalue weighted by Crippen LogP contribution is -2.21. The highest BCUT2D eigenvalue weighted by atomic mass is 35.5. The second-order valence-electron chi connectivity index (χ2n) is 6.84. The van der Waals surface area contributed by atoms with Crippen molar-refractivity contribution in [2.75, 3.05) is 0 Å². The highest BCUT2D eigenvalue weighted by Gasteiger charge is 2.16. The van der Waals surface area contributed by atoms with Crippen LogP contribution >= 0.6 is 23.4 Å². The molecular weight excluding hydrogens is 451 g/mol. The van der Waals surface area contributed by atoms with Crippen LogP contribution in [0.1, 0.15) is 5.82 Å². The van der Waals surface area contributed by atoms with Crippen molar-refractivity contribution in [1.82, 2.24) is 19.7 Å².